The molecule has 0 saturated carbocycles. The van der Waals surface area contributed by atoms with Gasteiger partial charge in [0.05, 0.1) is 28.3 Å². The van der Waals surface area contributed by atoms with Crippen LogP contribution in [0.1, 0.15) is 22.3 Å². The molecule has 178 valence electrons. The molecule has 1 amide bonds. The summed E-state index contributed by atoms with van der Waals surface area (Å²) < 4.78 is 1.07. The zero-order valence-electron chi connectivity index (χ0n) is 19.8. The molecule has 0 bridgehead atoms. The summed E-state index contributed by atoms with van der Waals surface area (Å²) in [5, 5.41) is 8.61. The van der Waals surface area contributed by atoms with E-state index in [-0.39, 0.29) is 11.9 Å². The Labute approximate surface area is 207 Å². The van der Waals surface area contributed by atoms with Gasteiger partial charge in [0, 0.05) is 54.2 Å². The average molecular weight is 486 g/mol. The number of piperazine rings is 1. The number of likely N-dealkylation sites (N-methyl/N-ethyl adjacent to an activating group) is 1. The van der Waals surface area contributed by atoms with Crippen LogP contribution in [0.2, 0.25) is 0 Å². The van der Waals surface area contributed by atoms with Crippen LogP contribution >= 0.6 is 11.3 Å². The van der Waals surface area contributed by atoms with Crippen molar-refractivity contribution in [2.45, 2.75) is 13.0 Å². The van der Waals surface area contributed by atoms with E-state index in [2.05, 4.69) is 46.2 Å². The molecule has 6 rings (SSSR count). The Balaban J connectivity index is 1.44. The van der Waals surface area contributed by atoms with E-state index in [4.69, 9.17) is 15.0 Å². The number of hydrogen-bond acceptors (Lipinski definition) is 8. The smallest absolute Gasteiger partial charge is 0.263 e. The fourth-order valence-corrected chi connectivity index (χ4v) is 5.80. The molecule has 35 heavy (non-hydrogen) atoms. The molecule has 0 spiro atoms. The van der Waals surface area contributed by atoms with E-state index in [0.717, 1.165) is 80.8 Å². The molecule has 1 saturated heterocycles. The minimum absolute atomic E-state index is 0.0224. The Morgan fingerprint density at radius 1 is 1.09 bits per heavy atom. The number of hydrogen-bond donors (Lipinski definition) is 2. The van der Waals surface area contributed by atoms with Crippen molar-refractivity contribution in [3.8, 4) is 11.4 Å². The quantitative estimate of drug-likeness (QED) is 0.456. The predicted octanol–water partition coefficient (Wildman–Crippen LogP) is 3.85. The summed E-state index contributed by atoms with van der Waals surface area (Å²) >= 11 is 1.52. The summed E-state index contributed by atoms with van der Waals surface area (Å²) in [6.45, 7) is 10.4. The van der Waals surface area contributed by atoms with Gasteiger partial charge in [-0.05, 0) is 50.4 Å². The number of amides is 1. The number of anilines is 2. The van der Waals surface area contributed by atoms with Gasteiger partial charge in [-0.25, -0.2) is 15.0 Å². The van der Waals surface area contributed by atoms with E-state index < -0.39 is 0 Å². The van der Waals surface area contributed by atoms with Gasteiger partial charge in [-0.2, -0.15) is 0 Å². The number of rotatable bonds is 3. The summed E-state index contributed by atoms with van der Waals surface area (Å²) in [4.78, 5) is 32.5. The molecule has 9 heteroatoms. The molecule has 2 aliphatic heterocycles. The Morgan fingerprint density at radius 3 is 2.71 bits per heavy atom. The molecule has 1 atom stereocenters. The second-order valence-electron chi connectivity index (χ2n) is 9.24. The number of carbonyl (C=O) groups excluding carboxylic acids is 1. The van der Waals surface area contributed by atoms with Crippen molar-refractivity contribution in [1.82, 2.24) is 25.2 Å². The topological polar surface area (TPSA) is 86.3 Å². The maximum Gasteiger partial charge on any atom is 0.263 e. The number of benzene rings is 1. The van der Waals surface area contributed by atoms with Crippen LogP contribution in [-0.2, 0) is 0 Å². The lowest BCUT2D eigenvalue weighted by atomic mass is 10.1. The maximum atomic E-state index is 12.7. The molecule has 0 unspecified atom stereocenters. The number of aromatic nitrogens is 3. The predicted molar refractivity (Wildman–Crippen MR) is 143 cm³/mol. The van der Waals surface area contributed by atoms with Crippen LogP contribution in [0.25, 0.3) is 38.5 Å². The first-order valence-electron chi connectivity index (χ1n) is 11.9. The number of nitrogens with one attached hydrogen (secondary N) is 2. The second kappa shape index (κ2) is 8.58. The Morgan fingerprint density at radius 2 is 1.91 bits per heavy atom. The van der Waals surface area contributed by atoms with E-state index in [1.54, 1.807) is 6.08 Å². The maximum absolute atomic E-state index is 12.7. The van der Waals surface area contributed by atoms with Gasteiger partial charge in [0.25, 0.3) is 5.91 Å². The second-order valence-corrected chi connectivity index (χ2v) is 10.3. The lowest BCUT2D eigenvalue weighted by Gasteiger charge is -2.32. The number of nitrogens with zero attached hydrogens (tertiary/aromatic N) is 5. The number of thiophene rings is 1. The molecule has 5 heterocycles. The lowest BCUT2D eigenvalue weighted by molar-refractivity contribution is 0.0949. The molecule has 2 N–H and O–H groups in total. The van der Waals surface area contributed by atoms with Crippen LogP contribution < -0.4 is 15.5 Å². The molecule has 0 aliphatic carbocycles. The number of pyridine rings is 1. The fraction of sp³-hybridized carbons (Fsp3) is 0.308. The van der Waals surface area contributed by atoms with Crippen LogP contribution in [-0.4, -0.2) is 71.6 Å². The van der Waals surface area contributed by atoms with Gasteiger partial charge in [0.15, 0.2) is 0 Å². The van der Waals surface area contributed by atoms with Crippen LogP contribution in [0.3, 0.4) is 0 Å². The standard InChI is InChI=1S/C26H27N7OS/c1-4-16-13-20(31-26(29-16)33-11-9-32(3)10-12-33)19-6-5-17-18(30-19)7-8-21-22(17)23-24(35-21)25(34)28-15(2)14-27-23/h4-8,13,15,27H,1,9-12,14H2,2-3H3,(H,28,34)/t15-/m1/s1. The number of fused-ring (bicyclic) bond motifs is 5. The van der Waals surface area contributed by atoms with Crippen molar-refractivity contribution in [2.75, 3.05) is 50.0 Å². The summed E-state index contributed by atoms with van der Waals surface area (Å²) in [5.41, 5.74) is 4.13. The molecule has 0 radical (unpaired) electrons. The Bertz CT molecular complexity index is 1470. The van der Waals surface area contributed by atoms with Crippen molar-refractivity contribution in [3.05, 3.63) is 47.5 Å². The third-order valence-corrected chi connectivity index (χ3v) is 7.84. The highest BCUT2D eigenvalue weighted by Crippen LogP contribution is 2.41. The van der Waals surface area contributed by atoms with E-state index in [1.165, 1.54) is 11.3 Å². The van der Waals surface area contributed by atoms with Gasteiger partial charge < -0.3 is 20.4 Å². The summed E-state index contributed by atoms with van der Waals surface area (Å²) in [7, 11) is 2.13. The third-order valence-electron chi connectivity index (χ3n) is 6.68. The Kier molecular flexibility index (Phi) is 5.38. The van der Waals surface area contributed by atoms with Gasteiger partial charge in [-0.15, -0.1) is 11.3 Å². The molecule has 3 aromatic heterocycles. The largest absolute Gasteiger partial charge is 0.381 e. The summed E-state index contributed by atoms with van der Waals surface area (Å²) in [5.74, 6) is 0.696. The van der Waals surface area contributed by atoms with Gasteiger partial charge in [0.2, 0.25) is 5.95 Å². The van der Waals surface area contributed by atoms with Crippen LogP contribution in [0.5, 0.6) is 0 Å². The van der Waals surface area contributed by atoms with Gasteiger partial charge >= 0.3 is 0 Å². The first-order valence-corrected chi connectivity index (χ1v) is 12.7. The van der Waals surface area contributed by atoms with Crippen molar-refractivity contribution in [2.24, 2.45) is 0 Å². The molecule has 1 aromatic carbocycles. The van der Waals surface area contributed by atoms with Crippen LogP contribution in [0.4, 0.5) is 11.6 Å². The molecule has 8 nitrogen and oxygen atoms in total. The van der Waals surface area contributed by atoms with E-state index in [0.29, 0.717) is 6.54 Å². The van der Waals surface area contributed by atoms with Gasteiger partial charge in [-0.3, -0.25) is 4.79 Å². The Hall–Kier alpha value is -3.56. The van der Waals surface area contributed by atoms with Crippen molar-refractivity contribution < 1.29 is 4.79 Å². The number of carbonyl (C=O) groups is 1. The van der Waals surface area contributed by atoms with E-state index in [9.17, 15) is 4.79 Å². The lowest BCUT2D eigenvalue weighted by Crippen LogP contribution is -2.45. The van der Waals surface area contributed by atoms with E-state index in [1.807, 2.05) is 25.1 Å². The first kappa shape index (κ1) is 21.9. The normalized spacial score (nSPS) is 18.7. The highest BCUT2D eigenvalue weighted by molar-refractivity contribution is 7.21. The zero-order valence-corrected chi connectivity index (χ0v) is 20.7. The van der Waals surface area contributed by atoms with Crippen LogP contribution in [0.15, 0.2) is 36.9 Å². The first-order chi connectivity index (χ1) is 17.0. The van der Waals surface area contributed by atoms with Gasteiger partial charge in [0.1, 0.15) is 4.88 Å². The monoisotopic (exact) mass is 485 g/mol. The molecular weight excluding hydrogens is 458 g/mol. The van der Waals surface area contributed by atoms with Crippen LogP contribution in [0, 0.1) is 0 Å². The summed E-state index contributed by atoms with van der Waals surface area (Å²) in [6, 6.07) is 10.2. The average Bonchev–Trinajstić information content (AvgIpc) is 3.20. The molecule has 2 aliphatic rings. The highest BCUT2D eigenvalue weighted by Gasteiger charge is 2.25. The zero-order chi connectivity index (χ0) is 24.1. The van der Waals surface area contributed by atoms with E-state index >= 15 is 0 Å². The molecular formula is C26H27N7OS. The van der Waals surface area contributed by atoms with Crippen molar-refractivity contribution >= 4 is 55.9 Å². The van der Waals surface area contributed by atoms with Crippen molar-refractivity contribution in [3.63, 3.8) is 0 Å². The minimum atomic E-state index is -0.0224. The van der Waals surface area contributed by atoms with Gasteiger partial charge in [-0.1, -0.05) is 6.58 Å². The van der Waals surface area contributed by atoms with Crippen molar-refractivity contribution in [1.29, 1.82) is 0 Å². The fourth-order valence-electron chi connectivity index (χ4n) is 4.70. The summed E-state index contributed by atoms with van der Waals surface area (Å²) in [6.07, 6.45) is 1.76. The highest BCUT2D eigenvalue weighted by atomic mass is 32.1. The third kappa shape index (κ3) is 3.90. The molecule has 4 aromatic rings. The SMILES string of the molecule is C=Cc1cc(-c2ccc3c(ccc4sc5c(c43)NC[C@@H](C)NC5=O)n2)nc(N2CCN(C)CC2)n1. The molecule has 1 fully saturated rings. The minimum Gasteiger partial charge on any atom is -0.381 e.